The minimum atomic E-state index is -4.60. The van der Waals surface area contributed by atoms with Gasteiger partial charge in [0, 0.05) is 24.8 Å². The number of nitrogens with zero attached hydrogens (tertiary/aromatic N) is 2. The number of morpholine rings is 1. The van der Waals surface area contributed by atoms with Gasteiger partial charge in [0.15, 0.2) is 0 Å². The van der Waals surface area contributed by atoms with Crippen molar-refractivity contribution in [2.24, 2.45) is 0 Å². The molecule has 0 bridgehead atoms. The second-order valence-electron chi connectivity index (χ2n) is 7.47. The number of hydrogen-bond donors (Lipinski definition) is 1. The molecule has 1 atom stereocenters. The Morgan fingerprint density at radius 2 is 1.83 bits per heavy atom. The van der Waals surface area contributed by atoms with Crippen LogP contribution < -0.4 is 5.32 Å². The lowest BCUT2D eigenvalue weighted by atomic mass is 9.90. The van der Waals surface area contributed by atoms with Crippen molar-refractivity contribution in [1.29, 1.82) is 0 Å². The lowest BCUT2D eigenvalue weighted by Crippen LogP contribution is -2.52. The predicted octanol–water partition coefficient (Wildman–Crippen LogP) is 3.07. The normalized spacial score (nSPS) is 23.3. The first kappa shape index (κ1) is 19.8. The van der Waals surface area contributed by atoms with Gasteiger partial charge in [-0.2, -0.15) is 13.2 Å². The molecule has 2 heterocycles. The van der Waals surface area contributed by atoms with E-state index in [1.807, 2.05) is 0 Å². The van der Waals surface area contributed by atoms with Gasteiger partial charge in [0.1, 0.15) is 0 Å². The van der Waals surface area contributed by atoms with E-state index in [9.17, 15) is 22.8 Å². The van der Waals surface area contributed by atoms with Crippen LogP contribution in [0, 0.1) is 0 Å². The summed E-state index contributed by atoms with van der Waals surface area (Å²) in [5.41, 5.74) is -0.366. The third kappa shape index (κ3) is 3.71. The zero-order valence-electron chi connectivity index (χ0n) is 16.0. The van der Waals surface area contributed by atoms with Gasteiger partial charge in [0.2, 0.25) is 0 Å². The third-order valence-electron chi connectivity index (χ3n) is 5.54. The van der Waals surface area contributed by atoms with Crippen molar-refractivity contribution in [2.75, 3.05) is 26.3 Å². The summed E-state index contributed by atoms with van der Waals surface area (Å²) in [6.07, 6.45) is -2.98. The number of carbonyl (C=O) groups is 2. The van der Waals surface area contributed by atoms with Gasteiger partial charge in [-0.3, -0.25) is 9.69 Å². The van der Waals surface area contributed by atoms with Crippen LogP contribution in [0.3, 0.4) is 0 Å². The number of amides is 3. The maximum absolute atomic E-state index is 13.6. The zero-order valence-corrected chi connectivity index (χ0v) is 16.0. The van der Waals surface area contributed by atoms with E-state index in [0.29, 0.717) is 32.0 Å². The summed E-state index contributed by atoms with van der Waals surface area (Å²) in [5, 5.41) is 2.67. The van der Waals surface area contributed by atoms with E-state index < -0.39 is 23.8 Å². The molecule has 6 nitrogen and oxygen atoms in total. The number of carbonyl (C=O) groups excluding carboxylic acids is 2. The lowest BCUT2D eigenvalue weighted by Gasteiger charge is -2.39. The van der Waals surface area contributed by atoms with Crippen LogP contribution in [0.2, 0.25) is 0 Å². The molecular formula is C20H22F3N3O3. The second-order valence-corrected chi connectivity index (χ2v) is 7.47. The largest absolute Gasteiger partial charge is 0.416 e. The van der Waals surface area contributed by atoms with Crippen LogP contribution in [-0.2, 0) is 15.7 Å². The van der Waals surface area contributed by atoms with E-state index in [0.717, 1.165) is 18.9 Å². The number of urea groups is 1. The molecule has 29 heavy (non-hydrogen) atoms. The Morgan fingerprint density at radius 3 is 2.45 bits per heavy atom. The van der Waals surface area contributed by atoms with E-state index in [1.54, 1.807) is 11.8 Å². The molecule has 1 aliphatic carbocycles. The molecule has 1 N–H and O–H groups in total. The summed E-state index contributed by atoms with van der Waals surface area (Å²) in [6, 6.07) is 3.43. The monoisotopic (exact) mass is 409 g/mol. The molecule has 3 amide bonds. The van der Waals surface area contributed by atoms with Crippen LogP contribution in [0.4, 0.5) is 18.0 Å². The first-order chi connectivity index (χ1) is 13.8. The Labute approximate surface area is 166 Å². The summed E-state index contributed by atoms with van der Waals surface area (Å²) in [6.45, 7) is 3.12. The number of benzene rings is 1. The second kappa shape index (κ2) is 7.37. The molecule has 4 rings (SSSR count). The highest BCUT2D eigenvalue weighted by molar-refractivity contribution is 5.99. The third-order valence-corrected chi connectivity index (χ3v) is 5.54. The fourth-order valence-corrected chi connectivity index (χ4v) is 3.98. The van der Waals surface area contributed by atoms with Crippen molar-refractivity contribution in [3.63, 3.8) is 0 Å². The van der Waals surface area contributed by atoms with Crippen LogP contribution in [0.25, 0.3) is 0 Å². The molecule has 1 saturated heterocycles. The van der Waals surface area contributed by atoms with Crippen molar-refractivity contribution in [3.8, 4) is 0 Å². The molecule has 3 aliphatic rings. The number of halogens is 3. The van der Waals surface area contributed by atoms with Gasteiger partial charge >= 0.3 is 12.2 Å². The number of rotatable bonds is 3. The van der Waals surface area contributed by atoms with Gasteiger partial charge in [0.25, 0.3) is 5.91 Å². The maximum atomic E-state index is 13.6. The van der Waals surface area contributed by atoms with E-state index in [-0.39, 0.29) is 23.1 Å². The van der Waals surface area contributed by atoms with Gasteiger partial charge < -0.3 is 15.0 Å². The lowest BCUT2D eigenvalue weighted by molar-refractivity contribution is -0.139. The van der Waals surface area contributed by atoms with Crippen molar-refractivity contribution in [2.45, 2.75) is 38.0 Å². The van der Waals surface area contributed by atoms with Crippen LogP contribution in [-0.4, -0.2) is 54.1 Å². The molecule has 1 aromatic carbocycles. The molecule has 156 valence electrons. The molecular weight excluding hydrogens is 387 g/mol. The highest BCUT2D eigenvalue weighted by Gasteiger charge is 2.45. The number of allylic oxidation sites excluding steroid dienone is 1. The van der Waals surface area contributed by atoms with Crippen molar-refractivity contribution < 1.29 is 27.5 Å². The first-order valence-corrected chi connectivity index (χ1v) is 9.62. The Hall–Kier alpha value is -2.55. The summed E-state index contributed by atoms with van der Waals surface area (Å²) in [5.74, 6) is -0.363. The molecule has 0 radical (unpaired) electrons. The molecule has 1 saturated carbocycles. The van der Waals surface area contributed by atoms with E-state index in [1.165, 1.54) is 23.1 Å². The van der Waals surface area contributed by atoms with Gasteiger partial charge in [0.05, 0.1) is 30.4 Å². The van der Waals surface area contributed by atoms with Crippen molar-refractivity contribution in [3.05, 3.63) is 46.7 Å². The number of ether oxygens (including phenoxy) is 1. The van der Waals surface area contributed by atoms with E-state index in [2.05, 4.69) is 5.32 Å². The Balaban J connectivity index is 1.82. The highest BCUT2D eigenvalue weighted by atomic mass is 19.4. The van der Waals surface area contributed by atoms with E-state index >= 15 is 0 Å². The van der Waals surface area contributed by atoms with Crippen molar-refractivity contribution >= 4 is 11.9 Å². The SMILES string of the molecule is CC1=C(C(=O)N2CCOCC2)[C@H](c2ccccc2C(F)(F)F)NC(=O)N1C1CC1. The number of nitrogens with one attached hydrogen (secondary N) is 1. The fraction of sp³-hybridized carbons (Fsp3) is 0.500. The predicted molar refractivity (Wildman–Crippen MR) is 97.7 cm³/mol. The molecule has 2 aliphatic heterocycles. The summed E-state index contributed by atoms with van der Waals surface area (Å²) >= 11 is 0. The molecule has 0 aromatic heterocycles. The van der Waals surface area contributed by atoms with Crippen LogP contribution in [0.1, 0.15) is 36.9 Å². The summed E-state index contributed by atoms with van der Waals surface area (Å²) in [7, 11) is 0. The van der Waals surface area contributed by atoms with Gasteiger partial charge in [-0.1, -0.05) is 18.2 Å². The van der Waals surface area contributed by atoms with Gasteiger partial charge in [-0.25, -0.2) is 4.79 Å². The average molecular weight is 409 g/mol. The fourth-order valence-electron chi connectivity index (χ4n) is 3.98. The van der Waals surface area contributed by atoms with Crippen LogP contribution >= 0.6 is 0 Å². The minimum absolute atomic E-state index is 0.0127. The highest BCUT2D eigenvalue weighted by Crippen LogP contribution is 2.42. The number of hydrogen-bond acceptors (Lipinski definition) is 3. The molecule has 2 fully saturated rings. The quantitative estimate of drug-likeness (QED) is 0.835. The average Bonchev–Trinajstić information content (AvgIpc) is 3.52. The van der Waals surface area contributed by atoms with Gasteiger partial charge in [-0.05, 0) is 31.4 Å². The molecule has 0 spiro atoms. The molecule has 9 heteroatoms. The zero-order chi connectivity index (χ0) is 20.8. The Kier molecular flexibility index (Phi) is 5.02. The first-order valence-electron chi connectivity index (χ1n) is 9.62. The smallest absolute Gasteiger partial charge is 0.378 e. The standard InChI is InChI=1S/C20H22F3N3O3/c1-12-16(18(27)25-8-10-29-11-9-25)17(24-19(28)26(12)13-6-7-13)14-4-2-3-5-15(14)20(21,22)23/h2-5,13,17H,6-11H2,1H3,(H,24,28)/t17-/m0/s1. The maximum Gasteiger partial charge on any atom is 0.416 e. The topological polar surface area (TPSA) is 61.9 Å². The summed E-state index contributed by atoms with van der Waals surface area (Å²) < 4.78 is 46.2. The van der Waals surface area contributed by atoms with Crippen LogP contribution in [0.5, 0.6) is 0 Å². The number of alkyl halides is 3. The Bertz CT molecular complexity index is 858. The molecule has 1 aromatic rings. The Morgan fingerprint density at radius 1 is 1.17 bits per heavy atom. The minimum Gasteiger partial charge on any atom is -0.378 e. The van der Waals surface area contributed by atoms with Crippen LogP contribution in [0.15, 0.2) is 35.5 Å². The molecule has 0 unspecified atom stereocenters. The van der Waals surface area contributed by atoms with Gasteiger partial charge in [-0.15, -0.1) is 0 Å². The van der Waals surface area contributed by atoms with E-state index in [4.69, 9.17) is 4.74 Å². The summed E-state index contributed by atoms with van der Waals surface area (Å²) in [4.78, 5) is 29.2. The van der Waals surface area contributed by atoms with Crippen molar-refractivity contribution in [1.82, 2.24) is 15.1 Å².